The van der Waals surface area contributed by atoms with Crippen LogP contribution in [0.2, 0.25) is 5.02 Å². The number of imidazole rings is 1. The summed E-state index contributed by atoms with van der Waals surface area (Å²) in [6.45, 7) is 1.18. The van der Waals surface area contributed by atoms with E-state index in [1.807, 2.05) is 10.8 Å². The molecule has 0 bridgehead atoms. The highest BCUT2D eigenvalue weighted by Crippen LogP contribution is 2.39. The van der Waals surface area contributed by atoms with Crippen LogP contribution in [0.15, 0.2) is 52.1 Å². The molecular weight excluding hydrogens is 515 g/mol. The molecule has 0 unspecified atom stereocenters. The number of carbonyl (C=O) groups excluding carboxylic acids is 1. The lowest BCUT2D eigenvalue weighted by atomic mass is 10.3. The van der Waals surface area contributed by atoms with Crippen molar-refractivity contribution >= 4 is 72.5 Å². The lowest BCUT2D eigenvalue weighted by Gasteiger charge is -2.18. The van der Waals surface area contributed by atoms with E-state index in [1.165, 1.54) is 11.3 Å². The number of rotatable bonds is 7. The van der Waals surface area contributed by atoms with Gasteiger partial charge >= 0.3 is 0 Å². The van der Waals surface area contributed by atoms with Crippen molar-refractivity contribution in [3.63, 3.8) is 0 Å². The average Bonchev–Trinajstić information content (AvgIpc) is 3.46. The Morgan fingerprint density at radius 2 is 2.20 bits per heavy atom. The normalized spacial score (nSPS) is 10.8. The largest absolute Gasteiger partial charge is 0.494 e. The molecule has 1 aromatic carbocycles. The van der Waals surface area contributed by atoms with Gasteiger partial charge in [0.05, 0.1) is 23.2 Å². The fraction of sp³-hybridized carbons (Fsp3) is 0.211. The highest BCUT2D eigenvalue weighted by molar-refractivity contribution is 9.10. The number of aryl methyl sites for hydroxylation is 1. The van der Waals surface area contributed by atoms with Crippen molar-refractivity contribution in [3.05, 3.63) is 58.4 Å². The van der Waals surface area contributed by atoms with Crippen LogP contribution in [-0.2, 0) is 6.54 Å². The van der Waals surface area contributed by atoms with Crippen molar-refractivity contribution in [2.24, 2.45) is 0 Å². The molecule has 0 aliphatic rings. The van der Waals surface area contributed by atoms with Crippen LogP contribution < -0.4 is 9.64 Å². The van der Waals surface area contributed by atoms with E-state index in [-0.39, 0.29) is 24.1 Å². The Labute approximate surface area is 196 Å². The van der Waals surface area contributed by atoms with Gasteiger partial charge in [-0.05, 0) is 46.6 Å². The van der Waals surface area contributed by atoms with Crippen LogP contribution in [0.3, 0.4) is 0 Å². The maximum atomic E-state index is 13.2. The molecule has 11 heteroatoms. The lowest BCUT2D eigenvalue weighted by Crippen LogP contribution is -2.32. The molecule has 3 heterocycles. The van der Waals surface area contributed by atoms with Crippen LogP contribution in [-0.4, -0.2) is 34.1 Å². The zero-order valence-electron chi connectivity index (χ0n) is 15.7. The van der Waals surface area contributed by atoms with E-state index in [2.05, 4.69) is 25.9 Å². The molecule has 0 spiro atoms. The molecule has 0 saturated heterocycles. The van der Waals surface area contributed by atoms with Gasteiger partial charge in [0.1, 0.15) is 11.3 Å². The van der Waals surface area contributed by atoms with Crippen molar-refractivity contribution in [1.29, 1.82) is 0 Å². The summed E-state index contributed by atoms with van der Waals surface area (Å²) in [4.78, 5) is 23.5. The maximum absolute atomic E-state index is 13.2. The van der Waals surface area contributed by atoms with Crippen LogP contribution in [0.5, 0.6) is 5.75 Å². The third-order valence-electron chi connectivity index (χ3n) is 4.28. The summed E-state index contributed by atoms with van der Waals surface area (Å²) >= 11 is 10.9. The molecule has 0 N–H and O–H groups in total. The summed E-state index contributed by atoms with van der Waals surface area (Å²) in [5, 5.41) is 1.10. The molecule has 4 rings (SSSR count). The number of furan rings is 1. The molecule has 3 aromatic heterocycles. The molecule has 1 amide bonds. The Morgan fingerprint density at radius 1 is 1.37 bits per heavy atom. The number of nitrogens with zero attached hydrogens (tertiary/aromatic N) is 4. The second-order valence-corrected chi connectivity index (χ2v) is 8.30. The van der Waals surface area contributed by atoms with E-state index in [9.17, 15) is 4.79 Å². The molecule has 0 fully saturated rings. The zero-order valence-corrected chi connectivity index (χ0v) is 19.7. The summed E-state index contributed by atoms with van der Waals surface area (Å²) in [7, 11) is 1.58. The summed E-state index contributed by atoms with van der Waals surface area (Å²) in [6, 6.07) is 6.86. The topological polar surface area (TPSA) is 73.4 Å². The number of hydrogen-bond donors (Lipinski definition) is 0. The van der Waals surface area contributed by atoms with Gasteiger partial charge in [0, 0.05) is 25.5 Å². The highest BCUT2D eigenvalue weighted by atomic mass is 79.9. The number of amides is 1. The number of halogens is 3. The van der Waals surface area contributed by atoms with Crippen molar-refractivity contribution in [2.75, 3.05) is 18.6 Å². The fourth-order valence-corrected chi connectivity index (χ4v) is 4.49. The summed E-state index contributed by atoms with van der Waals surface area (Å²) in [5.41, 5.74) is 0.632. The number of aromatic nitrogens is 3. The van der Waals surface area contributed by atoms with Gasteiger partial charge in [0.15, 0.2) is 15.6 Å². The second-order valence-electron chi connectivity index (χ2n) is 6.14. The van der Waals surface area contributed by atoms with Gasteiger partial charge in [-0.1, -0.05) is 22.9 Å². The Bertz CT molecular complexity index is 1150. The molecule has 0 atom stereocenters. The minimum atomic E-state index is -0.268. The quantitative estimate of drug-likeness (QED) is 0.307. The predicted octanol–water partition coefficient (Wildman–Crippen LogP) is 5.67. The number of anilines is 1. The van der Waals surface area contributed by atoms with Crippen LogP contribution >= 0.6 is 51.3 Å². The van der Waals surface area contributed by atoms with Gasteiger partial charge in [-0.2, -0.15) is 0 Å². The average molecular weight is 532 g/mol. The van der Waals surface area contributed by atoms with Gasteiger partial charge in [0.25, 0.3) is 5.91 Å². The molecule has 30 heavy (non-hydrogen) atoms. The third kappa shape index (κ3) is 4.64. The minimum Gasteiger partial charge on any atom is -0.494 e. The Balaban J connectivity index is 0.00000256. The van der Waals surface area contributed by atoms with Crippen LogP contribution in [0.4, 0.5) is 5.13 Å². The van der Waals surface area contributed by atoms with E-state index in [0.29, 0.717) is 39.1 Å². The summed E-state index contributed by atoms with van der Waals surface area (Å²) in [5.74, 6) is 0.575. The Kier molecular flexibility index (Phi) is 7.41. The van der Waals surface area contributed by atoms with Crippen molar-refractivity contribution < 1.29 is 13.9 Å². The number of thiazole rings is 1. The van der Waals surface area contributed by atoms with Gasteiger partial charge in [-0.3, -0.25) is 9.69 Å². The number of ether oxygens (including phenoxy) is 1. The zero-order chi connectivity index (χ0) is 20.4. The van der Waals surface area contributed by atoms with Gasteiger partial charge in [-0.25, -0.2) is 9.97 Å². The molecule has 0 aliphatic heterocycles. The number of hydrogen-bond acceptors (Lipinski definition) is 6. The predicted molar refractivity (Wildman–Crippen MR) is 123 cm³/mol. The monoisotopic (exact) mass is 530 g/mol. The third-order valence-corrected chi connectivity index (χ3v) is 6.25. The number of carbonyl (C=O) groups is 1. The first kappa shape index (κ1) is 22.6. The molecule has 7 nitrogen and oxygen atoms in total. The summed E-state index contributed by atoms with van der Waals surface area (Å²) in [6.07, 6.45) is 6.08. The van der Waals surface area contributed by atoms with Gasteiger partial charge in [-0.15, -0.1) is 12.4 Å². The number of fused-ring (bicyclic) bond motifs is 1. The first-order valence-electron chi connectivity index (χ1n) is 8.73. The molecule has 0 saturated carbocycles. The standard InChI is InChI=1S/C19H16BrClN4O3S.ClH/c1-27-13-4-3-12(21)17-16(13)23-19(29-17)25(9-2-8-24-10-7-22-11-24)18(26)14-5-6-15(20)28-14;/h3-7,10-11H,2,8-9H2,1H3;1H. The van der Waals surface area contributed by atoms with Crippen LogP contribution in [0.25, 0.3) is 10.2 Å². The molecule has 4 aromatic rings. The minimum absolute atomic E-state index is 0. The van der Waals surface area contributed by atoms with Crippen molar-refractivity contribution in [2.45, 2.75) is 13.0 Å². The van der Waals surface area contributed by atoms with E-state index in [0.717, 1.165) is 11.2 Å². The maximum Gasteiger partial charge on any atom is 0.295 e. The first-order valence-corrected chi connectivity index (χ1v) is 10.7. The SMILES string of the molecule is COc1ccc(Cl)c2sc(N(CCCn3ccnc3)C(=O)c3ccc(Br)o3)nc12.Cl. The Morgan fingerprint density at radius 3 is 2.87 bits per heavy atom. The lowest BCUT2D eigenvalue weighted by molar-refractivity contribution is 0.0958. The second kappa shape index (κ2) is 9.82. The Hall–Kier alpha value is -2.07. The first-order chi connectivity index (χ1) is 14.1. The number of methoxy groups -OCH3 is 1. The molecule has 0 radical (unpaired) electrons. The van der Waals surface area contributed by atoms with Gasteiger partial charge in [0.2, 0.25) is 0 Å². The smallest absolute Gasteiger partial charge is 0.295 e. The van der Waals surface area contributed by atoms with E-state index in [1.54, 1.807) is 48.8 Å². The molecular formula is C19H17BrCl2N4O3S. The van der Waals surface area contributed by atoms with Crippen molar-refractivity contribution in [3.8, 4) is 5.75 Å². The van der Waals surface area contributed by atoms with Crippen LogP contribution in [0.1, 0.15) is 17.0 Å². The van der Waals surface area contributed by atoms with Gasteiger partial charge < -0.3 is 13.7 Å². The summed E-state index contributed by atoms with van der Waals surface area (Å²) < 4.78 is 14.1. The number of benzene rings is 1. The molecule has 158 valence electrons. The van der Waals surface area contributed by atoms with E-state index in [4.69, 9.17) is 20.8 Å². The van der Waals surface area contributed by atoms with Crippen molar-refractivity contribution in [1.82, 2.24) is 14.5 Å². The van der Waals surface area contributed by atoms with Crippen LogP contribution in [0, 0.1) is 0 Å². The fourth-order valence-electron chi connectivity index (χ4n) is 2.90. The molecule has 0 aliphatic carbocycles. The highest BCUT2D eigenvalue weighted by Gasteiger charge is 2.25. The van der Waals surface area contributed by atoms with E-state index >= 15 is 0 Å². The van der Waals surface area contributed by atoms with E-state index < -0.39 is 0 Å².